The Kier molecular flexibility index (Phi) is 5.01. The molecule has 50 valence electrons. The Morgan fingerprint density at radius 3 is 2.50 bits per heavy atom. The lowest BCUT2D eigenvalue weighted by Crippen LogP contribution is -2.04. The fraction of sp³-hybridized carbons (Fsp3) is 1.00. The zero-order valence-electron chi connectivity index (χ0n) is 5.30. The fourth-order valence-electron chi connectivity index (χ4n) is 0.531. The van der Waals surface area contributed by atoms with Crippen molar-refractivity contribution in [3.05, 3.63) is 0 Å². The van der Waals surface area contributed by atoms with Gasteiger partial charge in [-0.05, 0) is 19.3 Å². The van der Waals surface area contributed by atoms with Gasteiger partial charge in [-0.2, -0.15) is 0 Å². The summed E-state index contributed by atoms with van der Waals surface area (Å²) in [5, 5.41) is 17.2. The first-order valence-electron chi connectivity index (χ1n) is 3.10. The molecular formula is C6H14O2. The average molecular weight is 118 g/mol. The first kappa shape index (κ1) is 7.92. The van der Waals surface area contributed by atoms with Gasteiger partial charge in [-0.15, -0.1) is 0 Å². The lowest BCUT2D eigenvalue weighted by molar-refractivity contribution is 0.146. The van der Waals surface area contributed by atoms with E-state index in [9.17, 15) is 0 Å². The summed E-state index contributed by atoms with van der Waals surface area (Å²) in [5.74, 6) is 0. The molecule has 0 fully saturated rings. The quantitative estimate of drug-likeness (QED) is 0.565. The third-order valence-electron chi connectivity index (χ3n) is 1.17. The van der Waals surface area contributed by atoms with Gasteiger partial charge in [0.1, 0.15) is 0 Å². The van der Waals surface area contributed by atoms with Crippen molar-refractivity contribution < 1.29 is 10.2 Å². The lowest BCUT2D eigenvalue weighted by atomic mass is 10.2. The van der Waals surface area contributed by atoms with Crippen molar-refractivity contribution in [3.8, 4) is 0 Å². The molecule has 0 bridgehead atoms. The Balaban J connectivity index is 2.86. The molecule has 0 aliphatic heterocycles. The van der Waals surface area contributed by atoms with Crippen molar-refractivity contribution in [2.24, 2.45) is 0 Å². The van der Waals surface area contributed by atoms with Gasteiger partial charge >= 0.3 is 0 Å². The maximum Gasteiger partial charge on any atom is 0.0538 e. The molecule has 2 nitrogen and oxygen atoms in total. The SMILES string of the molecule is CC[C@H](O)CCCO. The van der Waals surface area contributed by atoms with Crippen LogP contribution in [0.25, 0.3) is 0 Å². The molecule has 2 heteroatoms. The summed E-state index contributed by atoms with van der Waals surface area (Å²) in [6.07, 6.45) is 2.03. The molecule has 2 N–H and O–H groups in total. The lowest BCUT2D eigenvalue weighted by Gasteiger charge is -2.03. The molecule has 0 heterocycles. The molecule has 0 radical (unpaired) electrons. The van der Waals surface area contributed by atoms with E-state index in [1.165, 1.54) is 0 Å². The predicted octanol–water partition coefficient (Wildman–Crippen LogP) is 0.530. The molecule has 0 amide bonds. The number of aliphatic hydroxyl groups excluding tert-OH is 2. The Hall–Kier alpha value is -0.0800. The van der Waals surface area contributed by atoms with E-state index >= 15 is 0 Å². The normalized spacial score (nSPS) is 13.9. The van der Waals surface area contributed by atoms with Crippen LogP contribution in [0.15, 0.2) is 0 Å². The van der Waals surface area contributed by atoms with E-state index in [2.05, 4.69) is 0 Å². The summed E-state index contributed by atoms with van der Waals surface area (Å²) >= 11 is 0. The molecule has 0 spiro atoms. The van der Waals surface area contributed by atoms with Crippen LogP contribution in [0.5, 0.6) is 0 Å². The van der Waals surface area contributed by atoms with Crippen LogP contribution in [-0.4, -0.2) is 22.9 Å². The topological polar surface area (TPSA) is 40.5 Å². The molecule has 0 aromatic heterocycles. The third kappa shape index (κ3) is 4.09. The van der Waals surface area contributed by atoms with E-state index in [1.54, 1.807) is 0 Å². The highest BCUT2D eigenvalue weighted by molar-refractivity contribution is 4.50. The van der Waals surface area contributed by atoms with Crippen molar-refractivity contribution in [3.63, 3.8) is 0 Å². The number of aliphatic hydroxyl groups is 2. The minimum Gasteiger partial charge on any atom is -0.396 e. The second kappa shape index (κ2) is 5.06. The molecule has 0 aliphatic rings. The second-order valence-corrected chi connectivity index (χ2v) is 1.93. The summed E-state index contributed by atoms with van der Waals surface area (Å²) < 4.78 is 0. The average Bonchev–Trinajstić information content (AvgIpc) is 1.83. The van der Waals surface area contributed by atoms with Crippen LogP contribution in [0.3, 0.4) is 0 Å². The summed E-state index contributed by atoms with van der Waals surface area (Å²) in [7, 11) is 0. The molecule has 0 saturated carbocycles. The maximum absolute atomic E-state index is 8.88. The zero-order chi connectivity index (χ0) is 6.41. The highest BCUT2D eigenvalue weighted by atomic mass is 16.3. The minimum absolute atomic E-state index is 0.192. The Morgan fingerprint density at radius 2 is 2.12 bits per heavy atom. The van der Waals surface area contributed by atoms with Crippen molar-refractivity contribution in [1.29, 1.82) is 0 Å². The maximum atomic E-state index is 8.88. The standard InChI is InChI=1S/C6H14O2/c1-2-6(8)4-3-5-7/h6-8H,2-5H2,1H3/t6-/m0/s1. The van der Waals surface area contributed by atoms with E-state index in [0.717, 1.165) is 19.3 Å². The van der Waals surface area contributed by atoms with E-state index in [1.807, 2.05) is 6.92 Å². The van der Waals surface area contributed by atoms with Gasteiger partial charge in [0, 0.05) is 6.61 Å². The van der Waals surface area contributed by atoms with Crippen LogP contribution in [-0.2, 0) is 0 Å². The zero-order valence-corrected chi connectivity index (χ0v) is 5.30. The van der Waals surface area contributed by atoms with Gasteiger partial charge in [-0.1, -0.05) is 6.92 Å². The van der Waals surface area contributed by atoms with Crippen LogP contribution in [0.4, 0.5) is 0 Å². The molecular weight excluding hydrogens is 104 g/mol. The Labute approximate surface area is 50.2 Å². The van der Waals surface area contributed by atoms with Crippen molar-refractivity contribution in [2.45, 2.75) is 32.3 Å². The van der Waals surface area contributed by atoms with Crippen molar-refractivity contribution in [2.75, 3.05) is 6.61 Å². The molecule has 1 atom stereocenters. The first-order valence-corrected chi connectivity index (χ1v) is 3.10. The molecule has 0 saturated heterocycles. The molecule has 0 aliphatic carbocycles. The fourth-order valence-corrected chi connectivity index (χ4v) is 0.531. The highest BCUT2D eigenvalue weighted by Gasteiger charge is 1.96. The summed E-state index contributed by atoms with van der Waals surface area (Å²) in [5.41, 5.74) is 0. The number of hydrogen-bond donors (Lipinski definition) is 2. The van der Waals surface area contributed by atoms with Crippen LogP contribution >= 0.6 is 0 Å². The van der Waals surface area contributed by atoms with Crippen LogP contribution in [0.1, 0.15) is 26.2 Å². The van der Waals surface area contributed by atoms with Crippen molar-refractivity contribution >= 4 is 0 Å². The predicted molar refractivity (Wildman–Crippen MR) is 32.6 cm³/mol. The van der Waals surface area contributed by atoms with E-state index < -0.39 is 0 Å². The van der Waals surface area contributed by atoms with Gasteiger partial charge in [0.15, 0.2) is 0 Å². The van der Waals surface area contributed by atoms with E-state index in [0.29, 0.717) is 0 Å². The van der Waals surface area contributed by atoms with Gasteiger partial charge in [0.25, 0.3) is 0 Å². The van der Waals surface area contributed by atoms with Gasteiger partial charge < -0.3 is 10.2 Å². The van der Waals surface area contributed by atoms with Crippen molar-refractivity contribution in [1.82, 2.24) is 0 Å². The highest BCUT2D eigenvalue weighted by Crippen LogP contribution is 1.98. The summed E-state index contributed by atoms with van der Waals surface area (Å²) in [6.45, 7) is 2.12. The first-order chi connectivity index (χ1) is 3.81. The van der Waals surface area contributed by atoms with Gasteiger partial charge in [0.2, 0.25) is 0 Å². The molecule has 0 aromatic carbocycles. The van der Waals surface area contributed by atoms with Crippen LogP contribution in [0.2, 0.25) is 0 Å². The number of rotatable bonds is 4. The minimum atomic E-state index is -0.206. The Bertz CT molecular complexity index is 45.8. The van der Waals surface area contributed by atoms with E-state index in [4.69, 9.17) is 10.2 Å². The summed E-state index contributed by atoms with van der Waals surface area (Å²) in [6, 6.07) is 0. The summed E-state index contributed by atoms with van der Waals surface area (Å²) in [4.78, 5) is 0. The number of hydrogen-bond acceptors (Lipinski definition) is 2. The largest absolute Gasteiger partial charge is 0.396 e. The molecule has 8 heavy (non-hydrogen) atoms. The second-order valence-electron chi connectivity index (χ2n) is 1.93. The molecule has 0 unspecified atom stereocenters. The van der Waals surface area contributed by atoms with Crippen LogP contribution < -0.4 is 0 Å². The monoisotopic (exact) mass is 118 g/mol. The van der Waals surface area contributed by atoms with E-state index in [-0.39, 0.29) is 12.7 Å². The third-order valence-corrected chi connectivity index (χ3v) is 1.17. The van der Waals surface area contributed by atoms with Gasteiger partial charge in [0.05, 0.1) is 6.10 Å². The van der Waals surface area contributed by atoms with Gasteiger partial charge in [-0.25, -0.2) is 0 Å². The molecule has 0 aromatic rings. The van der Waals surface area contributed by atoms with Gasteiger partial charge in [-0.3, -0.25) is 0 Å². The Morgan fingerprint density at radius 1 is 1.50 bits per heavy atom. The smallest absolute Gasteiger partial charge is 0.0538 e. The van der Waals surface area contributed by atoms with Crippen LogP contribution in [0, 0.1) is 0 Å². The molecule has 0 rings (SSSR count).